The molecule has 2 heterocycles. The number of piperidine rings is 1. The monoisotopic (exact) mass is 486 g/mol. The Morgan fingerprint density at radius 1 is 0.917 bits per heavy atom. The SMILES string of the molecule is C[C@]12CC(c3ccc(N4CCCCC4)cc3)C3=C4CCC(=O)C=C4CC[C@H]3[C@@H]1CCC21CCCN1O. The van der Waals surface area contributed by atoms with Gasteiger partial charge in [-0.3, -0.25) is 4.79 Å². The van der Waals surface area contributed by atoms with Gasteiger partial charge >= 0.3 is 0 Å². The first-order valence-corrected chi connectivity index (χ1v) is 14.8. The highest BCUT2D eigenvalue weighted by atomic mass is 16.5. The molecule has 0 amide bonds. The van der Waals surface area contributed by atoms with Crippen LogP contribution in [0.4, 0.5) is 5.69 Å². The Morgan fingerprint density at radius 3 is 2.47 bits per heavy atom. The van der Waals surface area contributed by atoms with E-state index >= 15 is 0 Å². The fourth-order valence-electron chi connectivity index (χ4n) is 9.82. The summed E-state index contributed by atoms with van der Waals surface area (Å²) < 4.78 is 0. The fourth-order valence-corrected chi connectivity index (χ4v) is 9.82. The summed E-state index contributed by atoms with van der Waals surface area (Å²) in [5, 5.41) is 13.0. The van der Waals surface area contributed by atoms with Crippen LogP contribution in [-0.2, 0) is 4.79 Å². The van der Waals surface area contributed by atoms with E-state index in [4.69, 9.17) is 0 Å². The van der Waals surface area contributed by atoms with Gasteiger partial charge in [-0.15, -0.1) is 0 Å². The number of nitrogens with zero attached hydrogens (tertiary/aromatic N) is 2. The van der Waals surface area contributed by atoms with E-state index in [-0.39, 0.29) is 11.0 Å². The summed E-state index contributed by atoms with van der Waals surface area (Å²) in [5.74, 6) is 1.93. The molecule has 0 bridgehead atoms. The van der Waals surface area contributed by atoms with Crippen molar-refractivity contribution < 1.29 is 10.0 Å². The van der Waals surface area contributed by atoms with Crippen LogP contribution in [0.1, 0.15) is 95.5 Å². The van der Waals surface area contributed by atoms with E-state index < -0.39 is 0 Å². The van der Waals surface area contributed by atoms with Gasteiger partial charge in [0.25, 0.3) is 0 Å². The minimum atomic E-state index is -0.0570. The summed E-state index contributed by atoms with van der Waals surface area (Å²) in [5.41, 5.74) is 7.43. The lowest BCUT2D eigenvalue weighted by Gasteiger charge is -2.56. The largest absolute Gasteiger partial charge is 0.372 e. The van der Waals surface area contributed by atoms with Crippen molar-refractivity contribution in [2.45, 2.75) is 95.4 Å². The number of carbonyl (C=O) groups excluding carboxylic acids is 1. The topological polar surface area (TPSA) is 43.8 Å². The second-order valence-corrected chi connectivity index (χ2v) is 12.9. The molecule has 0 aromatic heterocycles. The Morgan fingerprint density at radius 2 is 1.72 bits per heavy atom. The molecule has 1 aromatic carbocycles. The Labute approximate surface area is 216 Å². The van der Waals surface area contributed by atoms with Crippen LogP contribution in [0.15, 0.2) is 47.1 Å². The van der Waals surface area contributed by atoms with Crippen LogP contribution in [0, 0.1) is 17.3 Å². The zero-order chi connectivity index (χ0) is 24.5. The van der Waals surface area contributed by atoms with Crippen LogP contribution in [0.3, 0.4) is 0 Å². The molecule has 1 N–H and O–H groups in total. The number of benzene rings is 1. The number of fused-ring (bicyclic) bond motifs is 5. The van der Waals surface area contributed by atoms with Crippen LogP contribution in [-0.4, -0.2) is 41.2 Å². The van der Waals surface area contributed by atoms with Crippen molar-refractivity contribution in [2.75, 3.05) is 24.5 Å². The van der Waals surface area contributed by atoms with Crippen LogP contribution >= 0.6 is 0 Å². The van der Waals surface area contributed by atoms with Gasteiger partial charge in [0.15, 0.2) is 5.78 Å². The lowest BCUT2D eigenvalue weighted by atomic mass is 9.50. The third-order valence-corrected chi connectivity index (χ3v) is 11.5. The molecule has 192 valence electrons. The number of ketones is 1. The highest BCUT2D eigenvalue weighted by Gasteiger charge is 2.66. The summed E-state index contributed by atoms with van der Waals surface area (Å²) in [4.78, 5) is 14.9. The van der Waals surface area contributed by atoms with Gasteiger partial charge in [-0.05, 0) is 123 Å². The van der Waals surface area contributed by atoms with Crippen LogP contribution < -0.4 is 4.90 Å². The number of anilines is 1. The van der Waals surface area contributed by atoms with Crippen LogP contribution in [0.25, 0.3) is 0 Å². The summed E-state index contributed by atoms with van der Waals surface area (Å²) in [7, 11) is 0. The van der Waals surface area contributed by atoms with Crippen molar-refractivity contribution in [1.82, 2.24) is 5.06 Å². The summed E-state index contributed by atoms with van der Waals surface area (Å²) in [6.07, 6.45) is 15.5. The fraction of sp³-hybridized carbons (Fsp3) is 0.656. The van der Waals surface area contributed by atoms with Crippen molar-refractivity contribution in [1.29, 1.82) is 0 Å². The van der Waals surface area contributed by atoms with Crippen LogP contribution in [0.5, 0.6) is 0 Å². The first kappa shape index (κ1) is 23.2. The minimum absolute atomic E-state index is 0.0570. The van der Waals surface area contributed by atoms with Gasteiger partial charge in [0.2, 0.25) is 0 Å². The molecule has 5 atom stereocenters. The normalized spacial score (nSPS) is 38.7. The summed E-state index contributed by atoms with van der Waals surface area (Å²) in [6, 6.07) is 9.58. The standard InChI is InChI=1S/C32H42N2O2/c1-31-21-28(22-6-9-24(10-7-22)33-17-3-2-4-18-33)30-26-13-11-25(35)20-23(26)8-12-27(30)29(31)14-16-32(31)15-5-19-34(32)36/h6-7,9-10,20,27-29,36H,2-5,8,11-19,21H2,1H3/t27-,28?,29-,31-,32?/m0/s1. The molecule has 2 saturated carbocycles. The van der Waals surface area contributed by atoms with Crippen molar-refractivity contribution >= 4 is 11.5 Å². The number of hydroxylamine groups is 2. The molecule has 1 aromatic rings. The van der Waals surface area contributed by atoms with Gasteiger partial charge < -0.3 is 10.1 Å². The van der Waals surface area contributed by atoms with Crippen molar-refractivity contribution in [3.05, 3.63) is 52.6 Å². The molecule has 4 heteroatoms. The zero-order valence-corrected chi connectivity index (χ0v) is 22.0. The molecule has 1 spiro atoms. The van der Waals surface area contributed by atoms with E-state index in [1.807, 2.05) is 6.08 Å². The highest BCUT2D eigenvalue weighted by Crippen LogP contribution is 2.69. The molecule has 2 unspecified atom stereocenters. The smallest absolute Gasteiger partial charge is 0.156 e. The zero-order valence-electron chi connectivity index (χ0n) is 22.0. The molecule has 0 radical (unpaired) electrons. The molecule has 6 aliphatic rings. The third-order valence-electron chi connectivity index (χ3n) is 11.5. The average Bonchev–Trinajstić information content (AvgIpc) is 3.43. The van der Waals surface area contributed by atoms with Gasteiger partial charge in [0.05, 0.1) is 5.54 Å². The first-order valence-electron chi connectivity index (χ1n) is 14.8. The van der Waals surface area contributed by atoms with Gasteiger partial charge in [0.1, 0.15) is 0 Å². The second kappa shape index (κ2) is 8.56. The lowest BCUT2D eigenvalue weighted by Crippen LogP contribution is -2.56. The van der Waals surface area contributed by atoms with E-state index in [0.717, 1.165) is 45.1 Å². The molecule has 7 rings (SSSR count). The first-order chi connectivity index (χ1) is 17.5. The van der Waals surface area contributed by atoms with E-state index in [2.05, 4.69) is 36.1 Å². The van der Waals surface area contributed by atoms with Crippen molar-refractivity contribution in [3.8, 4) is 0 Å². The maximum atomic E-state index is 12.3. The Hall–Kier alpha value is -1.91. The molecular weight excluding hydrogens is 444 g/mol. The van der Waals surface area contributed by atoms with Crippen molar-refractivity contribution in [3.63, 3.8) is 0 Å². The maximum absolute atomic E-state index is 12.3. The Balaban J connectivity index is 1.32. The highest BCUT2D eigenvalue weighted by molar-refractivity contribution is 5.93. The number of carbonyl (C=O) groups is 1. The average molecular weight is 487 g/mol. The molecule has 2 aliphatic heterocycles. The molecule has 4 fully saturated rings. The Bertz CT molecular complexity index is 1110. The number of hydrogen-bond donors (Lipinski definition) is 1. The molecular formula is C32H42N2O2. The summed E-state index contributed by atoms with van der Waals surface area (Å²) in [6.45, 7) is 5.71. The minimum Gasteiger partial charge on any atom is -0.372 e. The number of allylic oxidation sites excluding steroid dienone is 4. The maximum Gasteiger partial charge on any atom is 0.156 e. The predicted molar refractivity (Wildman–Crippen MR) is 143 cm³/mol. The molecule has 36 heavy (non-hydrogen) atoms. The Kier molecular flexibility index (Phi) is 5.52. The molecule has 4 nitrogen and oxygen atoms in total. The summed E-state index contributed by atoms with van der Waals surface area (Å²) >= 11 is 0. The van der Waals surface area contributed by atoms with Gasteiger partial charge in [-0.25, -0.2) is 0 Å². The van der Waals surface area contributed by atoms with E-state index in [1.165, 1.54) is 67.6 Å². The third kappa shape index (κ3) is 3.29. The molecule has 2 saturated heterocycles. The van der Waals surface area contributed by atoms with Gasteiger partial charge in [0, 0.05) is 37.7 Å². The molecule has 4 aliphatic carbocycles. The van der Waals surface area contributed by atoms with E-state index in [0.29, 0.717) is 30.0 Å². The van der Waals surface area contributed by atoms with Gasteiger partial charge in [-0.1, -0.05) is 24.6 Å². The van der Waals surface area contributed by atoms with Crippen molar-refractivity contribution in [2.24, 2.45) is 17.3 Å². The van der Waals surface area contributed by atoms with E-state index in [1.54, 1.807) is 10.6 Å². The van der Waals surface area contributed by atoms with Gasteiger partial charge in [-0.2, -0.15) is 5.06 Å². The predicted octanol–water partition coefficient (Wildman–Crippen LogP) is 6.80. The quantitative estimate of drug-likeness (QED) is 0.499. The number of hydrogen-bond acceptors (Lipinski definition) is 4. The van der Waals surface area contributed by atoms with Crippen LogP contribution in [0.2, 0.25) is 0 Å². The van der Waals surface area contributed by atoms with E-state index in [9.17, 15) is 10.0 Å². The number of rotatable bonds is 2. The lowest BCUT2D eigenvalue weighted by molar-refractivity contribution is -0.193. The second-order valence-electron chi connectivity index (χ2n) is 12.9.